The molecule has 8 heteroatoms. The number of nitrogens with zero attached hydrogens (tertiary/aromatic N) is 3. The topological polar surface area (TPSA) is 91.1 Å². The van der Waals surface area contributed by atoms with Crippen LogP contribution in [-0.4, -0.2) is 33.3 Å². The molecule has 0 saturated heterocycles. The molecule has 0 atom stereocenters. The average molecular weight is 412 g/mol. The van der Waals surface area contributed by atoms with Crippen molar-refractivity contribution < 1.29 is 9.47 Å². The largest absolute Gasteiger partial charge is 0.496 e. The zero-order valence-corrected chi connectivity index (χ0v) is 18.1. The van der Waals surface area contributed by atoms with Crippen molar-refractivity contribution in [3.8, 4) is 11.5 Å². The van der Waals surface area contributed by atoms with E-state index in [0.29, 0.717) is 42.2 Å². The highest BCUT2D eigenvalue weighted by Gasteiger charge is 2.16. The summed E-state index contributed by atoms with van der Waals surface area (Å²) in [5.41, 5.74) is 1.82. The first-order valence-corrected chi connectivity index (χ1v) is 10.1. The Morgan fingerprint density at radius 2 is 1.73 bits per heavy atom. The van der Waals surface area contributed by atoms with Gasteiger partial charge in [0.25, 0.3) is 5.56 Å². The van der Waals surface area contributed by atoms with Gasteiger partial charge in [0.1, 0.15) is 22.8 Å². The van der Waals surface area contributed by atoms with Crippen molar-refractivity contribution in [2.75, 3.05) is 14.2 Å². The van der Waals surface area contributed by atoms with E-state index >= 15 is 0 Å². The first-order valence-electron chi connectivity index (χ1n) is 10.1. The zero-order chi connectivity index (χ0) is 21.8. The van der Waals surface area contributed by atoms with Crippen molar-refractivity contribution in [2.45, 2.75) is 46.7 Å². The molecule has 0 aliphatic heterocycles. The molecule has 3 aromatic rings. The molecule has 3 rings (SSSR count). The van der Waals surface area contributed by atoms with Gasteiger partial charge in [-0.1, -0.05) is 13.8 Å². The molecular weight excluding hydrogens is 384 g/mol. The normalized spacial score (nSPS) is 11.5. The van der Waals surface area contributed by atoms with Crippen LogP contribution < -0.4 is 20.7 Å². The van der Waals surface area contributed by atoms with Crippen LogP contribution in [0.3, 0.4) is 0 Å². The number of hydrogen-bond acceptors (Lipinski definition) is 5. The van der Waals surface area contributed by atoms with Crippen LogP contribution in [0.5, 0.6) is 11.5 Å². The quantitative estimate of drug-likeness (QED) is 0.613. The summed E-state index contributed by atoms with van der Waals surface area (Å²) in [5, 5.41) is 0. The standard InChI is InChI=1S/C22H28N4O4/c1-6-12-25-20-18(21(27)26(13-7-2)22(25)28)23-17(24-20)11-9-15-8-10-16(29-4)14(3)19(15)30-5/h8-11H,6-7,12-13H2,1-5H3,(H,23,24). The van der Waals surface area contributed by atoms with Gasteiger partial charge in [-0.05, 0) is 44.1 Å². The summed E-state index contributed by atoms with van der Waals surface area (Å²) >= 11 is 0. The van der Waals surface area contributed by atoms with Crippen LogP contribution in [0.25, 0.3) is 23.3 Å². The van der Waals surface area contributed by atoms with Crippen molar-refractivity contribution in [1.82, 2.24) is 19.1 Å². The lowest BCUT2D eigenvalue weighted by Crippen LogP contribution is -2.40. The SMILES string of the molecule is CCCn1c(=O)c2[nH]c(C=Cc3ccc(OC)c(C)c3OC)nc2n(CCC)c1=O. The summed E-state index contributed by atoms with van der Waals surface area (Å²) in [7, 11) is 3.23. The van der Waals surface area contributed by atoms with Crippen molar-refractivity contribution in [2.24, 2.45) is 0 Å². The molecule has 2 heterocycles. The van der Waals surface area contributed by atoms with E-state index in [1.54, 1.807) is 24.9 Å². The summed E-state index contributed by atoms with van der Waals surface area (Å²) in [5.74, 6) is 1.94. The number of methoxy groups -OCH3 is 2. The van der Waals surface area contributed by atoms with Crippen LogP contribution in [0.15, 0.2) is 21.7 Å². The number of imidazole rings is 1. The fourth-order valence-corrected chi connectivity index (χ4v) is 3.60. The maximum atomic E-state index is 12.8. The fraction of sp³-hybridized carbons (Fsp3) is 0.409. The van der Waals surface area contributed by atoms with Crippen molar-refractivity contribution >= 4 is 23.3 Å². The van der Waals surface area contributed by atoms with Gasteiger partial charge in [0, 0.05) is 24.2 Å². The summed E-state index contributed by atoms with van der Waals surface area (Å²) in [4.78, 5) is 33.2. The number of rotatable bonds is 8. The first-order chi connectivity index (χ1) is 14.5. The molecule has 0 aliphatic carbocycles. The van der Waals surface area contributed by atoms with E-state index in [0.717, 1.165) is 23.3 Å². The minimum Gasteiger partial charge on any atom is -0.496 e. The number of nitrogens with one attached hydrogen (secondary N) is 1. The zero-order valence-electron chi connectivity index (χ0n) is 18.1. The molecule has 0 spiro atoms. The highest BCUT2D eigenvalue weighted by Crippen LogP contribution is 2.32. The molecule has 160 valence electrons. The predicted molar refractivity (Wildman–Crippen MR) is 118 cm³/mol. The number of aromatic amines is 1. The van der Waals surface area contributed by atoms with Gasteiger partial charge in [-0.25, -0.2) is 9.78 Å². The average Bonchev–Trinajstić information content (AvgIpc) is 3.17. The number of fused-ring (bicyclic) bond motifs is 1. The molecule has 0 radical (unpaired) electrons. The second-order valence-electron chi connectivity index (χ2n) is 7.06. The monoisotopic (exact) mass is 412 g/mol. The Bertz CT molecular complexity index is 1200. The van der Waals surface area contributed by atoms with Crippen LogP contribution in [0.4, 0.5) is 0 Å². The Hall–Kier alpha value is -3.29. The van der Waals surface area contributed by atoms with Gasteiger partial charge in [-0.2, -0.15) is 0 Å². The smallest absolute Gasteiger partial charge is 0.332 e. The number of aromatic nitrogens is 4. The van der Waals surface area contributed by atoms with Gasteiger partial charge in [0.15, 0.2) is 5.65 Å². The van der Waals surface area contributed by atoms with Crippen molar-refractivity contribution in [1.29, 1.82) is 0 Å². The number of H-pyrrole nitrogens is 1. The Labute approximate surface area is 174 Å². The second kappa shape index (κ2) is 9.02. The Morgan fingerprint density at radius 3 is 2.37 bits per heavy atom. The van der Waals surface area contributed by atoms with Gasteiger partial charge in [-0.3, -0.25) is 13.9 Å². The molecule has 0 unspecified atom stereocenters. The Morgan fingerprint density at radius 1 is 1.03 bits per heavy atom. The number of ether oxygens (including phenoxy) is 2. The second-order valence-corrected chi connectivity index (χ2v) is 7.06. The van der Waals surface area contributed by atoms with Gasteiger partial charge >= 0.3 is 5.69 Å². The van der Waals surface area contributed by atoms with Crippen LogP contribution in [-0.2, 0) is 13.1 Å². The van der Waals surface area contributed by atoms with Crippen molar-refractivity contribution in [3.05, 3.63) is 49.9 Å². The molecular formula is C22H28N4O4. The summed E-state index contributed by atoms with van der Waals surface area (Å²) < 4.78 is 13.7. The maximum absolute atomic E-state index is 12.8. The summed E-state index contributed by atoms with van der Waals surface area (Å²) in [6.07, 6.45) is 5.09. The molecule has 1 aromatic carbocycles. The third-order valence-corrected chi connectivity index (χ3v) is 5.01. The maximum Gasteiger partial charge on any atom is 0.332 e. The van der Waals surface area contributed by atoms with E-state index in [-0.39, 0.29) is 11.2 Å². The summed E-state index contributed by atoms with van der Waals surface area (Å²) in [6.45, 7) is 6.73. The molecule has 2 aromatic heterocycles. The van der Waals surface area contributed by atoms with Gasteiger partial charge < -0.3 is 14.5 Å². The number of hydrogen-bond donors (Lipinski definition) is 1. The lowest BCUT2D eigenvalue weighted by Gasteiger charge is -2.12. The summed E-state index contributed by atoms with van der Waals surface area (Å²) in [6, 6.07) is 3.77. The molecule has 0 aliphatic rings. The minimum atomic E-state index is -0.339. The van der Waals surface area contributed by atoms with Crippen LogP contribution in [0.2, 0.25) is 0 Å². The lowest BCUT2D eigenvalue weighted by molar-refractivity contribution is 0.388. The van der Waals surface area contributed by atoms with E-state index in [2.05, 4.69) is 9.97 Å². The lowest BCUT2D eigenvalue weighted by atomic mass is 10.1. The minimum absolute atomic E-state index is 0.314. The van der Waals surface area contributed by atoms with Crippen molar-refractivity contribution in [3.63, 3.8) is 0 Å². The molecule has 8 nitrogen and oxygen atoms in total. The van der Waals surface area contributed by atoms with E-state index < -0.39 is 0 Å². The highest BCUT2D eigenvalue weighted by molar-refractivity contribution is 5.77. The molecule has 0 amide bonds. The van der Waals surface area contributed by atoms with E-state index in [4.69, 9.17) is 9.47 Å². The number of benzene rings is 1. The molecule has 0 bridgehead atoms. The van der Waals surface area contributed by atoms with Gasteiger partial charge in [0.05, 0.1) is 14.2 Å². The van der Waals surface area contributed by atoms with Crippen LogP contribution >= 0.6 is 0 Å². The number of aryl methyl sites for hydroxylation is 1. The van der Waals surface area contributed by atoms with Crippen LogP contribution in [0.1, 0.15) is 43.6 Å². The van der Waals surface area contributed by atoms with E-state index in [1.807, 2.05) is 39.0 Å². The van der Waals surface area contributed by atoms with E-state index in [9.17, 15) is 9.59 Å². The third kappa shape index (κ3) is 3.77. The predicted octanol–water partition coefficient (Wildman–Crippen LogP) is 3.20. The van der Waals surface area contributed by atoms with Crippen LogP contribution in [0, 0.1) is 6.92 Å². The molecule has 0 fully saturated rings. The molecule has 1 N–H and O–H groups in total. The fourth-order valence-electron chi connectivity index (χ4n) is 3.60. The third-order valence-electron chi connectivity index (χ3n) is 5.01. The first kappa shape index (κ1) is 21.4. The van der Waals surface area contributed by atoms with Gasteiger partial charge in [0.2, 0.25) is 0 Å². The highest BCUT2D eigenvalue weighted by atomic mass is 16.5. The molecule has 0 saturated carbocycles. The van der Waals surface area contributed by atoms with Gasteiger partial charge in [-0.15, -0.1) is 0 Å². The van der Waals surface area contributed by atoms with E-state index in [1.165, 1.54) is 4.57 Å². The Balaban J connectivity index is 2.12. The Kier molecular flexibility index (Phi) is 6.44. The molecule has 30 heavy (non-hydrogen) atoms.